The molecule has 1 saturated heterocycles. The number of nitrogens with zero attached hydrogens (tertiary/aromatic N) is 1. The molecule has 3 nitrogen and oxygen atoms in total. The molecule has 0 spiro atoms. The van der Waals surface area contributed by atoms with Crippen molar-refractivity contribution in [3.8, 4) is 0 Å². The van der Waals surface area contributed by atoms with E-state index in [9.17, 15) is 4.79 Å². The van der Waals surface area contributed by atoms with Crippen LogP contribution in [-0.2, 0) is 10.2 Å². The van der Waals surface area contributed by atoms with E-state index in [2.05, 4.69) is 43.0 Å². The van der Waals surface area contributed by atoms with Crippen molar-refractivity contribution in [1.29, 1.82) is 0 Å². The lowest BCUT2D eigenvalue weighted by Crippen LogP contribution is -2.35. The molecule has 21 heavy (non-hydrogen) atoms. The summed E-state index contributed by atoms with van der Waals surface area (Å²) in [5.41, 5.74) is 3.19. The number of carboxylic acid groups (broad SMARTS) is 1. The number of fused-ring (bicyclic) bond motifs is 1. The summed E-state index contributed by atoms with van der Waals surface area (Å²) in [4.78, 5) is 13.4. The van der Waals surface area contributed by atoms with Crippen LogP contribution in [0.5, 0.6) is 0 Å². The topological polar surface area (TPSA) is 40.5 Å². The monoisotopic (exact) mass is 287 g/mol. The van der Waals surface area contributed by atoms with E-state index in [-0.39, 0.29) is 5.41 Å². The Hall–Kier alpha value is -1.35. The van der Waals surface area contributed by atoms with E-state index in [4.69, 9.17) is 5.11 Å². The van der Waals surface area contributed by atoms with Gasteiger partial charge >= 0.3 is 5.97 Å². The van der Waals surface area contributed by atoms with Gasteiger partial charge in [0.1, 0.15) is 0 Å². The molecular weight excluding hydrogens is 262 g/mol. The Bertz CT molecular complexity index is 538. The minimum atomic E-state index is -0.660. The Kier molecular flexibility index (Phi) is 3.78. The van der Waals surface area contributed by atoms with Gasteiger partial charge in [0.15, 0.2) is 0 Å². The molecule has 0 radical (unpaired) electrons. The molecule has 0 saturated carbocycles. The summed E-state index contributed by atoms with van der Waals surface area (Å²) in [5, 5.41) is 8.98. The molecule has 1 aromatic carbocycles. The molecule has 1 heterocycles. The number of carbonyl (C=O) groups is 1. The zero-order chi connectivity index (χ0) is 15.0. The first-order valence-electron chi connectivity index (χ1n) is 8.02. The zero-order valence-electron chi connectivity index (χ0n) is 13.0. The van der Waals surface area contributed by atoms with Crippen molar-refractivity contribution in [1.82, 2.24) is 4.90 Å². The van der Waals surface area contributed by atoms with Gasteiger partial charge in [0.25, 0.3) is 0 Å². The lowest BCUT2D eigenvalue weighted by atomic mass is 9.70. The van der Waals surface area contributed by atoms with E-state index in [1.807, 2.05) is 0 Å². The van der Waals surface area contributed by atoms with Crippen molar-refractivity contribution in [3.05, 3.63) is 35.4 Å². The van der Waals surface area contributed by atoms with Gasteiger partial charge in [-0.3, -0.25) is 9.69 Å². The maximum atomic E-state index is 10.9. The first-order valence-corrected chi connectivity index (χ1v) is 8.02. The minimum Gasteiger partial charge on any atom is -0.481 e. The van der Waals surface area contributed by atoms with E-state index in [0.29, 0.717) is 18.4 Å². The van der Waals surface area contributed by atoms with Crippen LogP contribution >= 0.6 is 0 Å². The Morgan fingerprint density at radius 2 is 2.10 bits per heavy atom. The van der Waals surface area contributed by atoms with Crippen LogP contribution in [0, 0.1) is 5.92 Å². The van der Waals surface area contributed by atoms with Crippen LogP contribution in [-0.4, -0.2) is 29.1 Å². The summed E-state index contributed by atoms with van der Waals surface area (Å²) < 4.78 is 0. The van der Waals surface area contributed by atoms with Crippen LogP contribution in [0.2, 0.25) is 0 Å². The second-order valence-electron chi connectivity index (χ2n) is 7.27. The molecule has 0 bridgehead atoms. The van der Waals surface area contributed by atoms with Gasteiger partial charge in [-0.2, -0.15) is 0 Å². The van der Waals surface area contributed by atoms with Gasteiger partial charge < -0.3 is 5.11 Å². The molecule has 2 unspecified atom stereocenters. The Morgan fingerprint density at radius 1 is 1.33 bits per heavy atom. The van der Waals surface area contributed by atoms with E-state index in [0.717, 1.165) is 19.5 Å². The van der Waals surface area contributed by atoms with Crippen molar-refractivity contribution >= 4 is 5.97 Å². The Balaban J connectivity index is 1.80. The van der Waals surface area contributed by atoms with E-state index >= 15 is 0 Å². The molecule has 1 aromatic rings. The highest BCUT2D eigenvalue weighted by atomic mass is 16.4. The fraction of sp³-hybridized carbons (Fsp3) is 0.611. The van der Waals surface area contributed by atoms with Crippen LogP contribution in [0.25, 0.3) is 0 Å². The van der Waals surface area contributed by atoms with Crippen LogP contribution in [0.4, 0.5) is 0 Å². The van der Waals surface area contributed by atoms with Crippen LogP contribution < -0.4 is 0 Å². The predicted molar refractivity (Wildman–Crippen MR) is 83.4 cm³/mol. The number of hydrogen-bond acceptors (Lipinski definition) is 2. The van der Waals surface area contributed by atoms with Gasteiger partial charge in [0, 0.05) is 19.0 Å². The molecule has 1 N–H and O–H groups in total. The standard InChI is InChI=1S/C18H25NO2/c1-18(2)9-7-16(14-5-3-4-6-15(14)18)19-10-8-13(12-19)11-17(20)21/h3-6,13,16H,7-12H2,1-2H3,(H,20,21). The predicted octanol–water partition coefficient (Wildman–Crippen LogP) is 3.60. The Labute approximate surface area is 127 Å². The van der Waals surface area contributed by atoms with Crippen molar-refractivity contribution in [2.45, 2.75) is 51.0 Å². The molecule has 3 rings (SSSR count). The molecule has 2 aliphatic rings. The largest absolute Gasteiger partial charge is 0.481 e. The van der Waals surface area contributed by atoms with Crippen LogP contribution in [0.1, 0.15) is 56.7 Å². The van der Waals surface area contributed by atoms with E-state index < -0.39 is 5.97 Å². The second kappa shape index (κ2) is 5.45. The van der Waals surface area contributed by atoms with Crippen LogP contribution in [0.15, 0.2) is 24.3 Å². The summed E-state index contributed by atoms with van der Waals surface area (Å²) in [6.07, 6.45) is 3.73. The third kappa shape index (κ3) is 2.84. The molecule has 1 aliphatic carbocycles. The first-order chi connectivity index (χ1) is 9.97. The second-order valence-corrected chi connectivity index (χ2v) is 7.27. The normalized spacial score (nSPS) is 28.3. The summed E-state index contributed by atoms with van der Waals surface area (Å²) in [7, 11) is 0. The number of hydrogen-bond donors (Lipinski definition) is 1. The molecular formula is C18H25NO2. The summed E-state index contributed by atoms with van der Waals surface area (Å²) >= 11 is 0. The molecule has 3 heteroatoms. The summed E-state index contributed by atoms with van der Waals surface area (Å²) in [6.45, 7) is 6.64. The van der Waals surface area contributed by atoms with Crippen molar-refractivity contribution in [2.75, 3.05) is 13.1 Å². The zero-order valence-corrected chi connectivity index (χ0v) is 13.0. The highest BCUT2D eigenvalue weighted by Gasteiger charge is 2.37. The maximum absolute atomic E-state index is 10.9. The molecule has 1 aliphatic heterocycles. The lowest BCUT2D eigenvalue weighted by Gasteiger charge is -2.40. The third-order valence-electron chi connectivity index (χ3n) is 5.31. The lowest BCUT2D eigenvalue weighted by molar-refractivity contribution is -0.138. The number of aliphatic carboxylic acids is 1. The molecule has 0 amide bonds. The fourth-order valence-electron chi connectivity index (χ4n) is 4.13. The summed E-state index contributed by atoms with van der Waals surface area (Å²) in [5.74, 6) is -0.336. The SMILES string of the molecule is CC1(C)CCC(N2CCC(CC(=O)O)C2)c2ccccc21. The Morgan fingerprint density at radius 3 is 2.86 bits per heavy atom. The summed E-state index contributed by atoms with van der Waals surface area (Å²) in [6, 6.07) is 9.30. The number of rotatable bonds is 3. The first kappa shape index (κ1) is 14.6. The molecule has 1 fully saturated rings. The van der Waals surface area contributed by atoms with Crippen LogP contribution in [0.3, 0.4) is 0 Å². The molecule has 114 valence electrons. The van der Waals surface area contributed by atoms with Gasteiger partial charge in [-0.25, -0.2) is 0 Å². The van der Waals surface area contributed by atoms with E-state index in [1.165, 1.54) is 24.0 Å². The number of carboxylic acids is 1. The van der Waals surface area contributed by atoms with E-state index in [1.54, 1.807) is 0 Å². The van der Waals surface area contributed by atoms with Crippen molar-refractivity contribution in [3.63, 3.8) is 0 Å². The van der Waals surface area contributed by atoms with Gasteiger partial charge in [-0.15, -0.1) is 0 Å². The van der Waals surface area contributed by atoms with Gasteiger partial charge in [-0.1, -0.05) is 38.1 Å². The van der Waals surface area contributed by atoms with Crippen molar-refractivity contribution in [2.24, 2.45) is 5.92 Å². The highest BCUT2D eigenvalue weighted by Crippen LogP contribution is 2.45. The highest BCUT2D eigenvalue weighted by molar-refractivity contribution is 5.67. The van der Waals surface area contributed by atoms with Gasteiger partial charge in [0.2, 0.25) is 0 Å². The smallest absolute Gasteiger partial charge is 0.303 e. The maximum Gasteiger partial charge on any atom is 0.303 e. The van der Waals surface area contributed by atoms with Gasteiger partial charge in [0.05, 0.1) is 0 Å². The number of likely N-dealkylation sites (tertiary alicyclic amines) is 1. The average molecular weight is 287 g/mol. The number of benzene rings is 1. The van der Waals surface area contributed by atoms with Gasteiger partial charge in [-0.05, 0) is 48.3 Å². The molecule has 2 atom stereocenters. The quantitative estimate of drug-likeness (QED) is 0.923. The minimum absolute atomic E-state index is 0.257. The molecule has 0 aromatic heterocycles. The third-order valence-corrected chi connectivity index (χ3v) is 5.31. The fourth-order valence-corrected chi connectivity index (χ4v) is 4.13. The van der Waals surface area contributed by atoms with Crippen molar-refractivity contribution < 1.29 is 9.90 Å². The average Bonchev–Trinajstić information content (AvgIpc) is 2.86.